The van der Waals surface area contributed by atoms with E-state index >= 15 is 0 Å². The minimum absolute atomic E-state index is 0.0141. The highest BCUT2D eigenvalue weighted by atomic mass is 32.1. The van der Waals surface area contributed by atoms with Gasteiger partial charge in [0.15, 0.2) is 0 Å². The van der Waals surface area contributed by atoms with Gasteiger partial charge in [0.1, 0.15) is 54.4 Å². The summed E-state index contributed by atoms with van der Waals surface area (Å²) in [5.41, 5.74) is 16.1. The van der Waals surface area contributed by atoms with Crippen molar-refractivity contribution < 1.29 is 78.0 Å². The number of thiol groups is 1. The first-order chi connectivity index (χ1) is 34.9. The molecule has 0 aliphatic rings. The van der Waals surface area contributed by atoms with E-state index in [2.05, 4.69) is 65.8 Å². The third kappa shape index (κ3) is 26.2. The Kier molecular flexibility index (Phi) is 32.2. The van der Waals surface area contributed by atoms with E-state index in [0.717, 1.165) is 6.92 Å². The Morgan fingerprint density at radius 3 is 1.37 bits per heavy atom. The maximum Gasteiger partial charge on any atom is 0.326 e. The van der Waals surface area contributed by atoms with Crippen molar-refractivity contribution in [3.63, 3.8) is 0 Å². The fourth-order valence-electron chi connectivity index (χ4n) is 6.78. The van der Waals surface area contributed by atoms with Crippen molar-refractivity contribution >= 4 is 83.6 Å². The van der Waals surface area contributed by atoms with Crippen molar-refractivity contribution in [3.05, 3.63) is 0 Å². The molecule has 0 radical (unpaired) electrons. The molecule has 75 heavy (non-hydrogen) atoms. The second kappa shape index (κ2) is 35.1. The Morgan fingerprint density at radius 2 is 0.947 bits per heavy atom. The first-order valence-corrected chi connectivity index (χ1v) is 25.0. The van der Waals surface area contributed by atoms with Crippen molar-refractivity contribution in [2.75, 3.05) is 32.1 Å². The van der Waals surface area contributed by atoms with Gasteiger partial charge in [0.25, 0.3) is 0 Å². The summed E-state index contributed by atoms with van der Waals surface area (Å²) >= 11 is 4.12. The van der Waals surface area contributed by atoms with E-state index < -0.39 is 175 Å². The van der Waals surface area contributed by atoms with Crippen LogP contribution in [0.1, 0.15) is 93.9 Å². The molecule has 20 N–H and O–H groups in total. The van der Waals surface area contributed by atoms with E-state index in [4.69, 9.17) is 17.2 Å². The number of carboxylic acids is 1. The highest BCUT2D eigenvalue weighted by molar-refractivity contribution is 7.80. The van der Waals surface area contributed by atoms with Crippen molar-refractivity contribution in [2.45, 2.75) is 160 Å². The van der Waals surface area contributed by atoms with E-state index in [1.54, 1.807) is 41.5 Å². The van der Waals surface area contributed by atoms with Gasteiger partial charge < -0.3 is 90.8 Å². The zero-order valence-corrected chi connectivity index (χ0v) is 44.6. The molecule has 29 nitrogen and oxygen atoms in total. The van der Waals surface area contributed by atoms with Crippen LogP contribution in [0.25, 0.3) is 0 Å². The van der Waals surface area contributed by atoms with Crippen molar-refractivity contribution in [3.8, 4) is 0 Å². The summed E-state index contributed by atoms with van der Waals surface area (Å²) in [6.45, 7) is 10.1. The standard InChI is InChI=1S/C45H81N13O16S/c1-20(2)13-27(38(66)54-29(17-59)40(68)51-26(45(73)74)11-9-10-12-46)52-41(69)30(18-60)55-42(70)31(19-75)56-44(72)35(24(8)61)58-39(67)28(14-21(3)4)53-43(71)34(22(5)6)57-33(63)16-49-36(64)23(7)50-37(65)25(47)15-32(48)62/h20-31,34-35,59-61,75H,9-19,46-47H2,1-8H3,(H2,48,62)(H,49,64)(H,50,65)(H,51,68)(H,52,69)(H,53,71)(H,54,66)(H,55,70)(H,56,72)(H,57,63)(H,58,67)(H,73,74)/t23-,24+,25-,26-,27-,28-,29-,30-,31-,34-,35-/m0/s1. The van der Waals surface area contributed by atoms with Crippen LogP contribution >= 0.6 is 12.6 Å². The number of hydrogen-bond donors (Lipinski definition) is 18. The molecule has 0 aromatic carbocycles. The first kappa shape index (κ1) is 68.8. The molecule has 11 amide bonds. The molecule has 0 spiro atoms. The van der Waals surface area contributed by atoms with Crippen LogP contribution in [0.3, 0.4) is 0 Å². The molecule has 11 atom stereocenters. The second-order valence-electron chi connectivity index (χ2n) is 19.0. The highest BCUT2D eigenvalue weighted by Gasteiger charge is 2.36. The Bertz CT molecular complexity index is 1960. The molecular weight excluding hydrogens is 1010 g/mol. The van der Waals surface area contributed by atoms with Gasteiger partial charge in [-0.05, 0) is 70.3 Å². The number of aliphatic carboxylic acids is 1. The van der Waals surface area contributed by atoms with Crippen LogP contribution in [0, 0.1) is 17.8 Å². The topological polar surface area (TPSA) is 484 Å². The molecule has 0 unspecified atom stereocenters. The van der Waals surface area contributed by atoms with Gasteiger partial charge in [0.05, 0.1) is 38.3 Å². The van der Waals surface area contributed by atoms with E-state index in [1.807, 2.05) is 0 Å². The lowest BCUT2D eigenvalue weighted by atomic mass is 9.99. The van der Waals surface area contributed by atoms with Gasteiger partial charge in [-0.15, -0.1) is 0 Å². The zero-order chi connectivity index (χ0) is 57.9. The van der Waals surface area contributed by atoms with Crippen LogP contribution in [0.4, 0.5) is 0 Å². The minimum atomic E-state index is -1.77. The molecule has 0 aliphatic heterocycles. The monoisotopic (exact) mass is 1090 g/mol. The number of aliphatic hydroxyl groups excluding tert-OH is 3. The van der Waals surface area contributed by atoms with Gasteiger partial charge in [-0.25, -0.2) is 4.79 Å². The summed E-state index contributed by atoms with van der Waals surface area (Å²) in [5.74, 6) is -13.3. The minimum Gasteiger partial charge on any atom is -0.480 e. The molecule has 428 valence electrons. The summed E-state index contributed by atoms with van der Waals surface area (Å²) in [6, 6.07) is -14.6. The molecule has 0 rings (SSSR count). The number of amides is 11. The summed E-state index contributed by atoms with van der Waals surface area (Å²) < 4.78 is 0. The summed E-state index contributed by atoms with van der Waals surface area (Å²) in [6.07, 6.45) is -1.29. The highest BCUT2D eigenvalue weighted by Crippen LogP contribution is 2.11. The van der Waals surface area contributed by atoms with Crippen LogP contribution in [0.5, 0.6) is 0 Å². The number of rotatable bonds is 36. The summed E-state index contributed by atoms with van der Waals surface area (Å²) in [7, 11) is 0. The van der Waals surface area contributed by atoms with Crippen LogP contribution in [-0.4, -0.2) is 190 Å². The van der Waals surface area contributed by atoms with Crippen LogP contribution in [0.15, 0.2) is 0 Å². The Labute approximate surface area is 441 Å². The lowest BCUT2D eigenvalue weighted by molar-refractivity contribution is -0.143. The lowest BCUT2D eigenvalue weighted by Gasteiger charge is -2.29. The average Bonchev–Trinajstić information content (AvgIpc) is 3.31. The zero-order valence-electron chi connectivity index (χ0n) is 43.7. The fraction of sp³-hybridized carbons (Fsp3) is 0.733. The van der Waals surface area contributed by atoms with Gasteiger partial charge in [-0.3, -0.25) is 52.7 Å². The Hall–Kier alpha value is -6.21. The van der Waals surface area contributed by atoms with Crippen LogP contribution in [0.2, 0.25) is 0 Å². The largest absolute Gasteiger partial charge is 0.480 e. The average molecular weight is 1090 g/mol. The third-order valence-electron chi connectivity index (χ3n) is 10.9. The van der Waals surface area contributed by atoms with E-state index in [-0.39, 0.29) is 31.1 Å². The Balaban J connectivity index is 5.99. The quantitative estimate of drug-likeness (QED) is 0.0205. The van der Waals surface area contributed by atoms with Crippen LogP contribution < -0.4 is 70.4 Å². The van der Waals surface area contributed by atoms with E-state index in [0.29, 0.717) is 19.4 Å². The number of carbonyl (C=O) groups excluding carboxylic acids is 11. The van der Waals surface area contributed by atoms with Crippen LogP contribution in [-0.2, 0) is 57.5 Å². The smallest absolute Gasteiger partial charge is 0.326 e. The number of hydrogen-bond acceptors (Lipinski definition) is 18. The molecule has 0 saturated heterocycles. The van der Waals surface area contributed by atoms with Gasteiger partial charge in [0, 0.05) is 5.75 Å². The predicted molar refractivity (Wildman–Crippen MR) is 272 cm³/mol. The molecule has 0 aromatic heterocycles. The number of primary amides is 1. The number of carboxylic acid groups (broad SMARTS) is 1. The fourth-order valence-corrected chi connectivity index (χ4v) is 7.04. The number of carbonyl (C=O) groups is 12. The number of unbranched alkanes of at least 4 members (excludes halogenated alkanes) is 1. The van der Waals surface area contributed by atoms with Gasteiger partial charge in [-0.1, -0.05) is 41.5 Å². The van der Waals surface area contributed by atoms with Crippen molar-refractivity contribution in [2.24, 2.45) is 35.0 Å². The maximum absolute atomic E-state index is 13.8. The summed E-state index contributed by atoms with van der Waals surface area (Å²) in [4.78, 5) is 155. The Morgan fingerprint density at radius 1 is 0.520 bits per heavy atom. The van der Waals surface area contributed by atoms with Gasteiger partial charge >= 0.3 is 5.97 Å². The number of aliphatic hydroxyl groups is 3. The van der Waals surface area contributed by atoms with E-state index in [1.165, 1.54) is 6.92 Å². The second-order valence-corrected chi connectivity index (χ2v) is 19.4. The molecule has 0 aliphatic carbocycles. The number of nitrogens with two attached hydrogens (primary N) is 3. The van der Waals surface area contributed by atoms with Crippen molar-refractivity contribution in [1.29, 1.82) is 0 Å². The normalized spacial score (nSPS) is 15.6. The van der Waals surface area contributed by atoms with Crippen molar-refractivity contribution in [1.82, 2.24) is 53.2 Å². The lowest BCUT2D eigenvalue weighted by Crippen LogP contribution is -2.62. The molecule has 30 heteroatoms. The number of nitrogens with one attached hydrogen (secondary N) is 10. The predicted octanol–water partition coefficient (Wildman–Crippen LogP) is -7.05. The van der Waals surface area contributed by atoms with E-state index in [9.17, 15) is 78.0 Å². The van der Waals surface area contributed by atoms with Gasteiger partial charge in [0.2, 0.25) is 65.0 Å². The summed E-state index contributed by atoms with van der Waals surface area (Å²) in [5, 5.41) is 63.7. The molecule has 0 fully saturated rings. The molecule has 0 saturated carbocycles. The molecule has 0 bridgehead atoms. The SMILES string of the molecule is CC(C)C[C@H](NC(=O)[C@H](CO)NC(=O)[C@H](CS)NC(=O)[C@@H](NC(=O)[C@H](CC(C)C)NC(=O)[C@@H](NC(=O)CNC(=O)[C@H](C)NC(=O)[C@@H](N)CC(N)=O)C(C)C)[C@@H](C)O)C(=O)N[C@@H](CO)C(=O)N[C@@H](CCCCN)C(=O)O. The first-order valence-electron chi connectivity index (χ1n) is 24.4. The third-order valence-corrected chi connectivity index (χ3v) is 11.3. The molecule has 0 aromatic rings. The van der Waals surface area contributed by atoms with Gasteiger partial charge in [-0.2, -0.15) is 12.6 Å². The maximum atomic E-state index is 13.8. The molecule has 0 heterocycles. The molecular formula is C45H81N13O16S.